The number of pyridine rings is 1. The molecule has 1 N–H and O–H groups in total. The number of aryl methyl sites for hydroxylation is 2. The molecule has 0 unspecified atom stereocenters. The van der Waals surface area contributed by atoms with Gasteiger partial charge in [0, 0.05) is 11.9 Å². The zero-order valence-electron chi connectivity index (χ0n) is 14.7. The molecule has 3 aromatic rings. The number of hydrogen-bond acceptors (Lipinski definition) is 6. The molecule has 0 aromatic carbocycles. The lowest BCUT2D eigenvalue weighted by Crippen LogP contribution is -2.16. The van der Waals surface area contributed by atoms with Crippen LogP contribution in [0.3, 0.4) is 0 Å². The first kappa shape index (κ1) is 18.6. The second kappa shape index (κ2) is 7.60. The van der Waals surface area contributed by atoms with Gasteiger partial charge in [0.25, 0.3) is 0 Å². The summed E-state index contributed by atoms with van der Waals surface area (Å²) in [6.07, 6.45) is -0.181. The fourth-order valence-electron chi connectivity index (χ4n) is 2.45. The summed E-state index contributed by atoms with van der Waals surface area (Å²) in [5, 5.41) is 7.30. The molecule has 0 saturated carbocycles. The Morgan fingerprint density at radius 2 is 2.04 bits per heavy atom. The van der Waals surface area contributed by atoms with E-state index in [4.69, 9.17) is 4.74 Å². The van der Waals surface area contributed by atoms with Crippen molar-refractivity contribution in [2.45, 2.75) is 20.0 Å². The highest BCUT2D eigenvalue weighted by molar-refractivity contribution is 5.36. The molecular weight excluding hydrogens is 361 g/mol. The lowest BCUT2D eigenvalue weighted by molar-refractivity contribution is -0.139. The zero-order valence-corrected chi connectivity index (χ0v) is 14.7. The Bertz CT molecular complexity index is 925. The van der Waals surface area contributed by atoms with Crippen LogP contribution in [0, 0.1) is 13.8 Å². The van der Waals surface area contributed by atoms with Crippen molar-refractivity contribution >= 4 is 5.82 Å². The summed E-state index contributed by atoms with van der Waals surface area (Å²) >= 11 is 0. The average molecular weight is 378 g/mol. The number of anilines is 1. The van der Waals surface area contributed by atoms with E-state index in [2.05, 4.69) is 25.4 Å². The van der Waals surface area contributed by atoms with Crippen molar-refractivity contribution in [2.24, 2.45) is 0 Å². The number of halogens is 3. The fraction of sp³-hybridized carbons (Fsp3) is 0.294. The van der Waals surface area contributed by atoms with Crippen LogP contribution in [0.1, 0.15) is 17.0 Å². The minimum absolute atomic E-state index is 0.0219. The Hall–Kier alpha value is -3.17. The third-order valence-electron chi connectivity index (χ3n) is 3.57. The van der Waals surface area contributed by atoms with Gasteiger partial charge in [0.1, 0.15) is 18.0 Å². The summed E-state index contributed by atoms with van der Waals surface area (Å²) in [6.45, 7) is 3.99. The summed E-state index contributed by atoms with van der Waals surface area (Å²) in [5.74, 6) is 0.547. The van der Waals surface area contributed by atoms with E-state index >= 15 is 0 Å². The van der Waals surface area contributed by atoms with Gasteiger partial charge >= 0.3 is 6.18 Å². The van der Waals surface area contributed by atoms with Gasteiger partial charge in [-0.3, -0.25) is 4.98 Å². The highest BCUT2D eigenvalue weighted by Gasteiger charge is 2.34. The van der Waals surface area contributed by atoms with E-state index in [1.807, 2.05) is 19.9 Å². The molecule has 0 bridgehead atoms. The van der Waals surface area contributed by atoms with Crippen LogP contribution in [-0.4, -0.2) is 37.9 Å². The maximum absolute atomic E-state index is 12.9. The minimum atomic E-state index is -4.52. The Kier molecular flexibility index (Phi) is 5.24. The van der Waals surface area contributed by atoms with E-state index in [9.17, 15) is 13.2 Å². The van der Waals surface area contributed by atoms with Crippen LogP contribution in [0.5, 0.6) is 5.88 Å². The van der Waals surface area contributed by atoms with Gasteiger partial charge < -0.3 is 10.1 Å². The highest BCUT2D eigenvalue weighted by Crippen LogP contribution is 2.34. The number of rotatable bonds is 6. The normalized spacial score (nSPS) is 11.4. The number of nitrogens with zero attached hydrogens (tertiary/aromatic N) is 5. The van der Waals surface area contributed by atoms with Crippen molar-refractivity contribution in [2.75, 3.05) is 18.5 Å². The Morgan fingerprint density at radius 3 is 2.74 bits per heavy atom. The molecule has 3 heterocycles. The topological polar surface area (TPSA) is 77.8 Å². The van der Waals surface area contributed by atoms with Gasteiger partial charge in [-0.25, -0.2) is 14.6 Å². The van der Waals surface area contributed by atoms with Gasteiger partial charge in [0.2, 0.25) is 5.88 Å². The fourth-order valence-corrected chi connectivity index (χ4v) is 2.45. The SMILES string of the molecule is Cc1cc(C)n(-c2cncc(NCCOc3ncccc3C(F)(F)F)n2)n1. The molecule has 3 aromatic heterocycles. The lowest BCUT2D eigenvalue weighted by Gasteiger charge is -2.13. The maximum atomic E-state index is 12.9. The second-order valence-electron chi connectivity index (χ2n) is 5.73. The van der Waals surface area contributed by atoms with Crippen LogP contribution < -0.4 is 10.1 Å². The molecule has 0 amide bonds. The highest BCUT2D eigenvalue weighted by atomic mass is 19.4. The molecular formula is C17H17F3N6O. The van der Waals surface area contributed by atoms with E-state index in [0.717, 1.165) is 17.5 Å². The molecule has 7 nitrogen and oxygen atoms in total. The third-order valence-corrected chi connectivity index (χ3v) is 3.57. The van der Waals surface area contributed by atoms with Gasteiger partial charge in [-0.1, -0.05) is 0 Å². The number of hydrogen-bond donors (Lipinski definition) is 1. The van der Waals surface area contributed by atoms with Crippen LogP contribution in [0.4, 0.5) is 19.0 Å². The summed E-state index contributed by atoms with van der Waals surface area (Å²) < 4.78 is 45.5. The first-order valence-electron chi connectivity index (χ1n) is 8.09. The summed E-state index contributed by atoms with van der Waals surface area (Å²) in [5.41, 5.74) is 0.866. The second-order valence-corrected chi connectivity index (χ2v) is 5.73. The Morgan fingerprint density at radius 1 is 1.22 bits per heavy atom. The molecule has 0 spiro atoms. The lowest BCUT2D eigenvalue weighted by atomic mass is 10.2. The molecule has 0 radical (unpaired) electrons. The van der Waals surface area contributed by atoms with Gasteiger partial charge in [0.15, 0.2) is 5.82 Å². The molecule has 0 aliphatic heterocycles. The molecule has 142 valence electrons. The van der Waals surface area contributed by atoms with E-state index < -0.39 is 17.6 Å². The van der Waals surface area contributed by atoms with Gasteiger partial charge in [-0.2, -0.15) is 18.3 Å². The number of ether oxygens (including phenoxy) is 1. The zero-order chi connectivity index (χ0) is 19.4. The summed E-state index contributed by atoms with van der Waals surface area (Å²) in [6, 6.07) is 4.06. The molecule has 0 saturated heterocycles. The van der Waals surface area contributed by atoms with E-state index in [-0.39, 0.29) is 13.2 Å². The van der Waals surface area contributed by atoms with E-state index in [0.29, 0.717) is 11.6 Å². The van der Waals surface area contributed by atoms with Crippen molar-refractivity contribution in [1.29, 1.82) is 0 Å². The molecule has 0 aliphatic rings. The molecule has 0 aliphatic carbocycles. The van der Waals surface area contributed by atoms with Crippen molar-refractivity contribution in [1.82, 2.24) is 24.7 Å². The van der Waals surface area contributed by atoms with Crippen molar-refractivity contribution < 1.29 is 17.9 Å². The average Bonchev–Trinajstić information content (AvgIpc) is 2.97. The molecule has 0 fully saturated rings. The largest absolute Gasteiger partial charge is 0.475 e. The smallest absolute Gasteiger partial charge is 0.421 e. The van der Waals surface area contributed by atoms with Crippen molar-refractivity contribution in [3.63, 3.8) is 0 Å². The maximum Gasteiger partial charge on any atom is 0.421 e. The number of aromatic nitrogens is 5. The Labute approximate surface area is 153 Å². The van der Waals surface area contributed by atoms with Crippen molar-refractivity contribution in [3.05, 3.63) is 53.7 Å². The van der Waals surface area contributed by atoms with E-state index in [1.165, 1.54) is 18.5 Å². The predicted molar refractivity (Wildman–Crippen MR) is 91.9 cm³/mol. The van der Waals surface area contributed by atoms with Crippen LogP contribution in [0.25, 0.3) is 5.82 Å². The molecule has 3 rings (SSSR count). The Balaban J connectivity index is 1.61. The first-order chi connectivity index (χ1) is 12.8. The van der Waals surface area contributed by atoms with Crippen LogP contribution in [-0.2, 0) is 6.18 Å². The van der Waals surface area contributed by atoms with Gasteiger partial charge in [-0.05, 0) is 32.0 Å². The predicted octanol–water partition coefficient (Wildman–Crippen LogP) is 3.18. The summed E-state index contributed by atoms with van der Waals surface area (Å²) in [7, 11) is 0. The monoisotopic (exact) mass is 378 g/mol. The molecule has 10 heteroatoms. The third kappa shape index (κ3) is 4.52. The standard InChI is InChI=1S/C17H17F3N6O/c1-11-8-12(2)26(25-11)15-10-21-9-14(24-15)22-6-7-27-16-13(17(18,19)20)4-3-5-23-16/h3-5,8-10H,6-7H2,1-2H3,(H,22,24). The molecule has 0 atom stereocenters. The van der Waals surface area contributed by atoms with Crippen LogP contribution >= 0.6 is 0 Å². The summed E-state index contributed by atoms with van der Waals surface area (Å²) in [4.78, 5) is 12.1. The quantitative estimate of drug-likeness (QED) is 0.664. The first-order valence-corrected chi connectivity index (χ1v) is 8.09. The van der Waals surface area contributed by atoms with Gasteiger partial charge in [-0.15, -0.1) is 0 Å². The molecule has 27 heavy (non-hydrogen) atoms. The van der Waals surface area contributed by atoms with Crippen molar-refractivity contribution in [3.8, 4) is 11.7 Å². The van der Waals surface area contributed by atoms with Crippen LogP contribution in [0.15, 0.2) is 36.8 Å². The number of nitrogens with one attached hydrogen (secondary N) is 1. The number of alkyl halides is 3. The van der Waals surface area contributed by atoms with E-state index in [1.54, 1.807) is 10.9 Å². The minimum Gasteiger partial charge on any atom is -0.475 e. The van der Waals surface area contributed by atoms with Crippen LogP contribution in [0.2, 0.25) is 0 Å². The van der Waals surface area contributed by atoms with Gasteiger partial charge in [0.05, 0.1) is 24.6 Å².